The first-order chi connectivity index (χ1) is 13.9. The molecule has 0 aliphatic carbocycles. The van der Waals surface area contributed by atoms with E-state index in [4.69, 9.17) is 14.6 Å². The van der Waals surface area contributed by atoms with Crippen LogP contribution in [0.2, 0.25) is 0 Å². The molecule has 1 fully saturated rings. The number of hydrogen-bond acceptors (Lipinski definition) is 10. The fourth-order valence-corrected chi connectivity index (χ4v) is 6.82. The number of ether oxygens (including phenoxy) is 2. The maximum Gasteiger partial charge on any atom is 0.320 e. The summed E-state index contributed by atoms with van der Waals surface area (Å²) in [6.45, 7) is 7.78. The Kier molecular flexibility index (Phi) is 8.33. The molecule has 1 aromatic heterocycles. The van der Waals surface area contributed by atoms with Crippen molar-refractivity contribution in [3.8, 4) is 0 Å². The van der Waals surface area contributed by atoms with Gasteiger partial charge >= 0.3 is 5.97 Å². The van der Waals surface area contributed by atoms with Gasteiger partial charge in [0.25, 0.3) is 0 Å². The summed E-state index contributed by atoms with van der Waals surface area (Å²) >= 11 is 2.75. The molecule has 2 aliphatic heterocycles. The van der Waals surface area contributed by atoms with Crippen molar-refractivity contribution < 1.29 is 22.7 Å². The Labute approximate surface area is 180 Å². The highest BCUT2D eigenvalue weighted by Gasteiger charge is 2.30. The maximum atomic E-state index is 12.0. The van der Waals surface area contributed by atoms with Crippen molar-refractivity contribution in [2.45, 2.75) is 27.8 Å². The molecule has 0 aromatic carbocycles. The van der Waals surface area contributed by atoms with Gasteiger partial charge in [-0.25, -0.2) is 17.9 Å². The van der Waals surface area contributed by atoms with Gasteiger partial charge in [-0.05, 0) is 36.5 Å². The predicted octanol–water partition coefficient (Wildman–Crippen LogP) is 0.634. The van der Waals surface area contributed by atoms with Crippen LogP contribution in [0.15, 0.2) is 14.5 Å². The molecule has 3 N–H and O–H groups in total. The van der Waals surface area contributed by atoms with Gasteiger partial charge in [0, 0.05) is 32.2 Å². The Balaban J connectivity index is 1.47. The Morgan fingerprint density at radius 1 is 1.41 bits per heavy atom. The fraction of sp³-hybridized carbons (Fsp3) is 0.706. The zero-order valence-corrected chi connectivity index (χ0v) is 18.9. The minimum atomic E-state index is -3.71. The first kappa shape index (κ1) is 22.9. The van der Waals surface area contributed by atoms with Crippen molar-refractivity contribution in [3.05, 3.63) is 11.6 Å². The molecule has 9 nitrogen and oxygen atoms in total. The van der Waals surface area contributed by atoms with E-state index in [0.29, 0.717) is 32.8 Å². The van der Waals surface area contributed by atoms with Gasteiger partial charge in [-0.1, -0.05) is 6.92 Å². The first-order valence-corrected chi connectivity index (χ1v) is 12.8. The molecule has 2 aliphatic rings. The summed E-state index contributed by atoms with van der Waals surface area (Å²) in [7, 11) is -3.71. The summed E-state index contributed by atoms with van der Waals surface area (Å²) in [5.41, 5.74) is 0.985. The zero-order chi connectivity index (χ0) is 20.9. The number of thiophene rings is 1. The molecule has 0 unspecified atom stereocenters. The molecule has 1 saturated heterocycles. The van der Waals surface area contributed by atoms with E-state index in [1.165, 1.54) is 11.3 Å². The minimum Gasteiger partial charge on any atom is -0.465 e. The van der Waals surface area contributed by atoms with E-state index in [1.54, 1.807) is 18.0 Å². The summed E-state index contributed by atoms with van der Waals surface area (Å²) in [6, 6.07) is 1.73. The van der Waals surface area contributed by atoms with E-state index in [0.717, 1.165) is 42.5 Å². The summed E-state index contributed by atoms with van der Waals surface area (Å²) in [4.78, 5) is 14.0. The monoisotopic (exact) mass is 464 g/mol. The molecular weight excluding hydrogens is 436 g/mol. The van der Waals surface area contributed by atoms with Crippen molar-refractivity contribution >= 4 is 39.3 Å². The van der Waals surface area contributed by atoms with E-state index in [2.05, 4.69) is 9.62 Å². The molecule has 29 heavy (non-hydrogen) atoms. The Bertz CT molecular complexity index is 795. The molecule has 3 rings (SSSR count). The Morgan fingerprint density at radius 3 is 2.86 bits per heavy atom. The summed E-state index contributed by atoms with van der Waals surface area (Å²) < 4.78 is 37.3. The second-order valence-electron chi connectivity index (χ2n) is 6.91. The number of carbonyl (C=O) groups excluding carboxylic acids is 1. The first-order valence-electron chi connectivity index (χ1n) is 9.65. The van der Waals surface area contributed by atoms with Crippen LogP contribution in [-0.4, -0.2) is 82.7 Å². The topological polar surface area (TPSA) is 114 Å². The van der Waals surface area contributed by atoms with Crippen LogP contribution >= 0.6 is 23.3 Å². The molecule has 0 radical (unpaired) electrons. The third-order valence-electron chi connectivity index (χ3n) is 4.68. The second-order valence-corrected chi connectivity index (χ2v) is 11.1. The number of likely N-dealkylation sites (N-methyl/N-ethyl adjacent to an activating group) is 1. The van der Waals surface area contributed by atoms with Gasteiger partial charge in [0.1, 0.15) is 4.21 Å². The number of sulfonamides is 1. The highest BCUT2D eigenvalue weighted by molar-refractivity contribution is 7.99. The molecule has 0 saturated carbocycles. The third kappa shape index (κ3) is 6.62. The number of esters is 1. The second kappa shape index (κ2) is 10.5. The number of rotatable bonds is 9. The minimum absolute atomic E-state index is 0.0480. The Hall–Kier alpha value is -0.730. The Morgan fingerprint density at radius 2 is 2.17 bits per heavy atom. The van der Waals surface area contributed by atoms with Crippen LogP contribution in [0.5, 0.6) is 0 Å². The summed E-state index contributed by atoms with van der Waals surface area (Å²) in [6.07, 6.45) is 0.712. The molecule has 1 atom stereocenters. The largest absolute Gasteiger partial charge is 0.465 e. The lowest BCUT2D eigenvalue weighted by Crippen LogP contribution is -2.40. The summed E-state index contributed by atoms with van der Waals surface area (Å²) in [5.74, 6) is -0.206. The maximum absolute atomic E-state index is 12.0. The van der Waals surface area contributed by atoms with Crippen molar-refractivity contribution in [1.29, 1.82) is 0 Å². The third-order valence-corrected chi connectivity index (χ3v) is 8.51. The number of nitrogens with two attached hydrogens (primary N) is 1. The zero-order valence-electron chi connectivity index (χ0n) is 16.5. The van der Waals surface area contributed by atoms with Gasteiger partial charge in [0.15, 0.2) is 0 Å². The number of carbonyl (C=O) groups is 1. The average molecular weight is 465 g/mol. The molecular formula is C17H28N4O5S3. The quantitative estimate of drug-likeness (QED) is 0.309. The average Bonchev–Trinajstić information content (AvgIpc) is 3.11. The van der Waals surface area contributed by atoms with Gasteiger partial charge in [-0.2, -0.15) is 0 Å². The van der Waals surface area contributed by atoms with Crippen LogP contribution in [0, 0.1) is 0 Å². The van der Waals surface area contributed by atoms with Gasteiger partial charge < -0.3 is 14.8 Å². The van der Waals surface area contributed by atoms with Gasteiger partial charge in [0.05, 0.1) is 30.6 Å². The normalized spacial score (nSPS) is 21.1. The van der Waals surface area contributed by atoms with Crippen molar-refractivity contribution in [3.63, 3.8) is 0 Å². The van der Waals surface area contributed by atoms with E-state index >= 15 is 0 Å². The van der Waals surface area contributed by atoms with Crippen LogP contribution in [0.1, 0.15) is 24.9 Å². The van der Waals surface area contributed by atoms with Crippen LogP contribution < -0.4 is 10.5 Å². The smallest absolute Gasteiger partial charge is 0.320 e. The number of morpholine rings is 1. The summed E-state index contributed by atoms with van der Waals surface area (Å²) in [5, 5.41) is 8.70. The number of primary sulfonamides is 1. The van der Waals surface area contributed by atoms with Gasteiger partial charge in [-0.15, -0.1) is 11.3 Å². The van der Waals surface area contributed by atoms with Gasteiger partial charge in [0.2, 0.25) is 10.0 Å². The van der Waals surface area contributed by atoms with Crippen LogP contribution in [0.25, 0.3) is 0 Å². The molecule has 0 bridgehead atoms. The molecule has 12 heteroatoms. The van der Waals surface area contributed by atoms with E-state index in [1.807, 2.05) is 11.8 Å². The van der Waals surface area contributed by atoms with Crippen molar-refractivity contribution in [2.24, 2.45) is 5.14 Å². The lowest BCUT2D eigenvalue weighted by Gasteiger charge is -2.32. The molecule has 0 amide bonds. The molecule has 0 spiro atoms. The number of hydrogen-bond donors (Lipinski definition) is 2. The van der Waals surface area contributed by atoms with Crippen LogP contribution in [-0.2, 0) is 24.3 Å². The highest BCUT2D eigenvalue weighted by Crippen LogP contribution is 2.43. The number of fused-ring (bicyclic) bond motifs is 1. The standard InChI is InChI=1S/C17H28N4O5S3/c1-2-19-14-11-21(28-17-13(14)10-16(27-17)29(18,23)24)4-3-7-26-15(22)12-20-5-8-25-9-6-20/h10,14,19H,2-9,11-12H2,1H3,(H2,18,23,24)/t14-/m0/s1. The van der Waals surface area contributed by atoms with E-state index < -0.39 is 10.0 Å². The number of nitrogens with one attached hydrogen (secondary N) is 1. The molecule has 1 aromatic rings. The fourth-order valence-electron chi connectivity index (χ4n) is 3.25. The lowest BCUT2D eigenvalue weighted by molar-refractivity contribution is -0.146. The molecule has 164 valence electrons. The van der Waals surface area contributed by atoms with Crippen LogP contribution in [0.4, 0.5) is 0 Å². The van der Waals surface area contributed by atoms with Crippen LogP contribution in [0.3, 0.4) is 0 Å². The predicted molar refractivity (Wildman–Crippen MR) is 112 cm³/mol. The van der Waals surface area contributed by atoms with E-state index in [9.17, 15) is 13.2 Å². The van der Waals surface area contributed by atoms with Crippen molar-refractivity contribution in [1.82, 2.24) is 14.5 Å². The molecule has 3 heterocycles. The number of nitrogens with zero attached hydrogens (tertiary/aromatic N) is 2. The lowest BCUT2D eigenvalue weighted by atomic mass is 10.1. The highest BCUT2D eigenvalue weighted by atomic mass is 32.3. The van der Waals surface area contributed by atoms with Crippen molar-refractivity contribution in [2.75, 3.05) is 59.1 Å². The SMILES string of the molecule is CCN[C@H]1CN(CCCOC(=O)CN2CCOCC2)Sc2sc(S(N)(=O)=O)cc21. The van der Waals surface area contributed by atoms with Gasteiger partial charge in [-0.3, -0.25) is 9.69 Å². The van der Waals surface area contributed by atoms with E-state index in [-0.39, 0.29) is 16.2 Å².